The molecular weight excluding hydrogens is 230 g/mol. The number of aromatic nitrogens is 3. The Balaban J connectivity index is 2.26. The number of hydrogen-bond acceptors (Lipinski definition) is 6. The lowest BCUT2D eigenvalue weighted by Crippen LogP contribution is -2.47. The van der Waals surface area contributed by atoms with Crippen LogP contribution < -0.4 is 15.0 Å². The van der Waals surface area contributed by atoms with Crippen LogP contribution in [-0.4, -0.2) is 46.2 Å². The van der Waals surface area contributed by atoms with Crippen molar-refractivity contribution in [2.45, 2.75) is 24.9 Å². The first kappa shape index (κ1) is 12.0. The molecule has 1 aliphatic heterocycles. The van der Waals surface area contributed by atoms with Crippen molar-refractivity contribution in [3.05, 3.63) is 16.6 Å². The van der Waals surface area contributed by atoms with Crippen molar-refractivity contribution >= 4 is 0 Å². The highest BCUT2D eigenvalue weighted by Gasteiger charge is 2.39. The molecule has 3 atom stereocenters. The van der Waals surface area contributed by atoms with Crippen LogP contribution in [0.2, 0.25) is 0 Å². The van der Waals surface area contributed by atoms with Gasteiger partial charge in [-0.15, -0.1) is 0 Å². The second-order valence-corrected chi connectivity index (χ2v) is 3.70. The molecule has 0 unspecified atom stereocenters. The summed E-state index contributed by atoms with van der Waals surface area (Å²) in [5.41, 5.74) is -0.393. The molecule has 1 aromatic rings. The summed E-state index contributed by atoms with van der Waals surface area (Å²) >= 11 is 0. The molecule has 0 amide bonds. The maximum Gasteiger partial charge on any atom is 0.480 e. The Morgan fingerprint density at radius 3 is 3.12 bits per heavy atom. The van der Waals surface area contributed by atoms with Crippen molar-refractivity contribution in [2.75, 3.05) is 13.7 Å². The molecular formula is C9H14N3O5+. The van der Waals surface area contributed by atoms with E-state index in [0.717, 1.165) is 6.20 Å². The number of hydrogen-bond donors (Lipinski definition) is 3. The maximum atomic E-state index is 11.1. The number of nitrogens with one attached hydrogen (secondary N) is 1. The summed E-state index contributed by atoms with van der Waals surface area (Å²) in [6.07, 6.45) is -0.633. The van der Waals surface area contributed by atoms with Gasteiger partial charge in [-0.05, 0) is 0 Å². The van der Waals surface area contributed by atoms with E-state index in [1.807, 2.05) is 0 Å². The number of aliphatic hydroxyl groups is 2. The van der Waals surface area contributed by atoms with E-state index < -0.39 is 24.0 Å². The third-order valence-corrected chi connectivity index (χ3v) is 2.59. The highest BCUT2D eigenvalue weighted by Crippen LogP contribution is 2.24. The minimum absolute atomic E-state index is 0.133. The summed E-state index contributed by atoms with van der Waals surface area (Å²) in [7, 11) is 1.39. The quantitative estimate of drug-likeness (QED) is 0.516. The topological polar surface area (TPSA) is 109 Å². The second-order valence-electron chi connectivity index (χ2n) is 3.70. The number of aromatic amines is 1. The minimum Gasteiger partial charge on any atom is -0.433 e. The van der Waals surface area contributed by atoms with E-state index in [9.17, 15) is 9.90 Å². The van der Waals surface area contributed by atoms with Crippen molar-refractivity contribution < 1.29 is 24.4 Å². The van der Waals surface area contributed by atoms with E-state index in [1.165, 1.54) is 11.8 Å². The predicted molar refractivity (Wildman–Crippen MR) is 53.2 cm³/mol. The molecule has 3 N–H and O–H groups in total. The van der Waals surface area contributed by atoms with Gasteiger partial charge in [-0.3, -0.25) is 0 Å². The highest BCUT2D eigenvalue weighted by atomic mass is 16.6. The first-order valence-corrected chi connectivity index (χ1v) is 5.15. The fourth-order valence-corrected chi connectivity index (χ4v) is 1.74. The molecule has 2 heterocycles. The molecule has 0 aromatic carbocycles. The van der Waals surface area contributed by atoms with E-state index in [1.54, 1.807) is 0 Å². The number of nitrogens with zero attached hydrogens (tertiary/aromatic N) is 2. The summed E-state index contributed by atoms with van der Waals surface area (Å²) in [5, 5.41) is 22.4. The number of rotatable bonds is 3. The molecule has 0 saturated carbocycles. The van der Waals surface area contributed by atoms with Gasteiger partial charge in [0.15, 0.2) is 6.20 Å². The van der Waals surface area contributed by atoms with Crippen molar-refractivity contribution in [1.29, 1.82) is 0 Å². The van der Waals surface area contributed by atoms with E-state index in [2.05, 4.69) is 10.1 Å². The van der Waals surface area contributed by atoms with Gasteiger partial charge in [-0.2, -0.15) is 4.98 Å². The monoisotopic (exact) mass is 244 g/mol. The van der Waals surface area contributed by atoms with Crippen LogP contribution in [0, 0.1) is 0 Å². The lowest BCUT2D eigenvalue weighted by molar-refractivity contribution is -0.814. The van der Waals surface area contributed by atoms with Gasteiger partial charge in [0, 0.05) is 6.42 Å². The van der Waals surface area contributed by atoms with Gasteiger partial charge in [-0.1, -0.05) is 9.78 Å². The molecule has 94 valence electrons. The smallest absolute Gasteiger partial charge is 0.433 e. The second kappa shape index (κ2) is 4.78. The van der Waals surface area contributed by atoms with Crippen molar-refractivity contribution in [3.63, 3.8) is 0 Å². The molecule has 1 aromatic heterocycles. The van der Waals surface area contributed by atoms with Crippen molar-refractivity contribution in [1.82, 2.24) is 10.1 Å². The van der Waals surface area contributed by atoms with E-state index in [4.69, 9.17) is 14.6 Å². The van der Waals surface area contributed by atoms with Crippen molar-refractivity contribution in [2.24, 2.45) is 0 Å². The fourth-order valence-electron chi connectivity index (χ4n) is 1.74. The van der Waals surface area contributed by atoms with Crippen LogP contribution in [-0.2, 0) is 4.74 Å². The van der Waals surface area contributed by atoms with Crippen LogP contribution in [0.15, 0.2) is 11.0 Å². The Hall–Kier alpha value is -1.51. The molecule has 1 saturated heterocycles. The van der Waals surface area contributed by atoms with Crippen LogP contribution in [0.3, 0.4) is 0 Å². The van der Waals surface area contributed by atoms with Crippen LogP contribution in [0.1, 0.15) is 12.6 Å². The van der Waals surface area contributed by atoms with Gasteiger partial charge in [-0.25, -0.2) is 4.79 Å². The molecule has 17 heavy (non-hydrogen) atoms. The number of ether oxygens (including phenoxy) is 2. The SMILES string of the molecule is COc1[nH]c(=O)cn[n+]1[C@@H]1C[C@H](O)[C@@H](CO)O1. The molecule has 8 heteroatoms. The first-order valence-electron chi connectivity index (χ1n) is 5.15. The third-order valence-electron chi connectivity index (χ3n) is 2.59. The van der Waals surface area contributed by atoms with E-state index in [0.29, 0.717) is 0 Å². The average Bonchev–Trinajstić information content (AvgIpc) is 2.70. The highest BCUT2D eigenvalue weighted by molar-refractivity contribution is 4.81. The summed E-state index contributed by atoms with van der Waals surface area (Å²) < 4.78 is 11.7. The number of H-pyrrole nitrogens is 1. The summed E-state index contributed by atoms with van der Waals surface area (Å²) in [4.78, 5) is 13.5. The molecule has 1 fully saturated rings. The van der Waals surface area contributed by atoms with Crippen LogP contribution >= 0.6 is 0 Å². The number of aliphatic hydroxyl groups excluding tert-OH is 2. The zero-order valence-corrected chi connectivity index (χ0v) is 9.24. The molecule has 1 aliphatic rings. The fraction of sp³-hybridized carbons (Fsp3) is 0.667. The normalized spacial score (nSPS) is 28.3. The Morgan fingerprint density at radius 1 is 1.76 bits per heavy atom. The molecule has 0 bridgehead atoms. The standard InChI is InChI=1S/C9H13N3O5/c1-16-9-11-7(15)3-10-12(9)8-2-5(14)6(4-13)17-8/h3,5-6,8,13-14H,2,4H2,1H3/p+1/t5-,6+,8-/m0/s1. The lowest BCUT2D eigenvalue weighted by atomic mass is 10.2. The Labute approximate surface area is 96.4 Å². The Kier molecular flexibility index (Phi) is 3.36. The van der Waals surface area contributed by atoms with Crippen LogP contribution in [0.4, 0.5) is 0 Å². The third kappa shape index (κ3) is 2.28. The van der Waals surface area contributed by atoms with Gasteiger partial charge in [0.2, 0.25) is 6.23 Å². The molecule has 0 radical (unpaired) electrons. The lowest BCUT2D eigenvalue weighted by Gasteiger charge is -2.10. The zero-order valence-electron chi connectivity index (χ0n) is 9.24. The Bertz CT molecular complexity index is 449. The first-order chi connectivity index (χ1) is 8.15. The van der Waals surface area contributed by atoms with Gasteiger partial charge in [0.05, 0.1) is 19.8 Å². The number of methoxy groups -OCH3 is 1. The Morgan fingerprint density at radius 2 is 2.53 bits per heavy atom. The average molecular weight is 244 g/mol. The van der Waals surface area contributed by atoms with Gasteiger partial charge >= 0.3 is 11.6 Å². The predicted octanol–water partition coefficient (Wildman–Crippen LogP) is -2.29. The maximum absolute atomic E-state index is 11.1. The van der Waals surface area contributed by atoms with Gasteiger partial charge < -0.3 is 19.7 Å². The van der Waals surface area contributed by atoms with Crippen LogP contribution in [0.5, 0.6) is 6.01 Å². The molecule has 8 nitrogen and oxygen atoms in total. The zero-order chi connectivity index (χ0) is 12.4. The largest absolute Gasteiger partial charge is 0.480 e. The van der Waals surface area contributed by atoms with Gasteiger partial charge in [0.25, 0.3) is 0 Å². The van der Waals surface area contributed by atoms with Crippen LogP contribution in [0.25, 0.3) is 0 Å². The summed E-state index contributed by atoms with van der Waals surface area (Å²) in [6, 6.07) is 0.133. The van der Waals surface area contributed by atoms with Gasteiger partial charge in [0.1, 0.15) is 6.10 Å². The van der Waals surface area contributed by atoms with E-state index >= 15 is 0 Å². The van der Waals surface area contributed by atoms with Crippen molar-refractivity contribution in [3.8, 4) is 6.01 Å². The molecule has 2 rings (SSSR count). The molecule has 0 aliphatic carbocycles. The van der Waals surface area contributed by atoms with E-state index in [-0.39, 0.29) is 19.0 Å². The minimum atomic E-state index is -0.768. The summed E-state index contributed by atoms with van der Waals surface area (Å²) in [5.74, 6) is 0. The molecule has 0 spiro atoms. The summed E-state index contributed by atoms with van der Waals surface area (Å²) in [6.45, 7) is -0.274.